The van der Waals surface area contributed by atoms with Gasteiger partial charge in [0.2, 0.25) is 0 Å². The summed E-state index contributed by atoms with van der Waals surface area (Å²) in [7, 11) is -1.29. The van der Waals surface area contributed by atoms with E-state index in [0.717, 1.165) is 28.0 Å². The van der Waals surface area contributed by atoms with E-state index in [2.05, 4.69) is 10.2 Å². The van der Waals surface area contributed by atoms with Crippen LogP contribution in [0, 0.1) is 0 Å². The van der Waals surface area contributed by atoms with Gasteiger partial charge in [0, 0.05) is 36.8 Å². The van der Waals surface area contributed by atoms with Gasteiger partial charge in [-0.05, 0) is 29.8 Å². The average Bonchev–Trinajstić information content (AvgIpc) is 2.91. The van der Waals surface area contributed by atoms with Gasteiger partial charge in [-0.25, -0.2) is 4.98 Å². The zero-order chi connectivity index (χ0) is 22.3. The van der Waals surface area contributed by atoms with Gasteiger partial charge in [0.1, 0.15) is 11.6 Å². The fourth-order valence-corrected chi connectivity index (χ4v) is 5.68. The van der Waals surface area contributed by atoms with Crippen LogP contribution >= 0.6 is 10.6 Å². The molecule has 0 unspecified atom stereocenters. The molecule has 170 valence electrons. The van der Waals surface area contributed by atoms with Crippen LogP contribution in [0.4, 0.5) is 11.5 Å². The smallest absolute Gasteiger partial charge is 0.131 e. The summed E-state index contributed by atoms with van der Waals surface area (Å²) in [6.07, 6.45) is 0. The third kappa shape index (κ3) is 3.98. The lowest BCUT2D eigenvalue weighted by molar-refractivity contribution is -0.0461. The number of nitrogens with two attached hydrogens (primary N) is 1. The molecule has 1 aromatic heterocycles. The monoisotopic (exact) mass is 456 g/mol. The number of fused-ring (bicyclic) bond motifs is 2. The number of benzene rings is 2. The Balaban J connectivity index is 1.52. The summed E-state index contributed by atoms with van der Waals surface area (Å²) < 4.78 is 32.2. The molecular weight excluding hydrogens is 428 g/mol. The first kappa shape index (κ1) is 21.3. The molecule has 0 saturated carbocycles. The number of nitrogens with one attached hydrogen (secondary N) is 1. The minimum Gasteiger partial charge on any atom is -0.497 e. The van der Waals surface area contributed by atoms with Gasteiger partial charge in [0.15, 0.2) is 0 Å². The lowest BCUT2D eigenvalue weighted by atomic mass is 9.99. The Morgan fingerprint density at radius 2 is 2.03 bits per heavy atom. The van der Waals surface area contributed by atoms with Crippen molar-refractivity contribution in [3.05, 3.63) is 54.1 Å². The number of anilines is 2. The predicted octanol–water partition coefficient (Wildman–Crippen LogP) is 3.51. The third-order valence-corrected chi connectivity index (χ3v) is 7.92. The highest BCUT2D eigenvalue weighted by molar-refractivity contribution is 8.24. The molecule has 3 aromatic rings. The molecular formula is C23H28N4O4S. The fraction of sp³-hybridized carbons (Fsp3) is 0.348. The minimum atomic E-state index is -2.89. The van der Waals surface area contributed by atoms with Crippen molar-refractivity contribution < 1.29 is 18.6 Å². The molecule has 0 atom stereocenters. The Bertz CT molecular complexity index is 1150. The van der Waals surface area contributed by atoms with Gasteiger partial charge in [-0.3, -0.25) is 9.11 Å². The number of ether oxygens (including phenoxy) is 2. The summed E-state index contributed by atoms with van der Waals surface area (Å²) in [5.41, 5.74) is 8.61. The Labute approximate surface area is 188 Å². The predicted molar refractivity (Wildman–Crippen MR) is 128 cm³/mol. The molecule has 2 aliphatic heterocycles. The van der Waals surface area contributed by atoms with Crippen LogP contribution < -0.4 is 20.7 Å². The first-order valence-corrected chi connectivity index (χ1v) is 12.3. The first-order chi connectivity index (χ1) is 15.4. The van der Waals surface area contributed by atoms with Gasteiger partial charge >= 0.3 is 0 Å². The molecule has 5 rings (SSSR count). The third-order valence-electron chi connectivity index (χ3n) is 6.06. The van der Waals surface area contributed by atoms with Crippen LogP contribution in [0.2, 0.25) is 0 Å². The largest absolute Gasteiger partial charge is 0.497 e. The van der Waals surface area contributed by atoms with Gasteiger partial charge < -0.3 is 25.4 Å². The van der Waals surface area contributed by atoms with Gasteiger partial charge in [-0.15, -0.1) is 0 Å². The van der Waals surface area contributed by atoms with Crippen molar-refractivity contribution in [1.82, 2.24) is 4.98 Å². The van der Waals surface area contributed by atoms with E-state index < -0.39 is 10.6 Å². The van der Waals surface area contributed by atoms with Crippen molar-refractivity contribution in [2.24, 2.45) is 5.73 Å². The topological polar surface area (TPSA) is 113 Å². The lowest BCUT2D eigenvalue weighted by Gasteiger charge is -2.38. The van der Waals surface area contributed by atoms with Gasteiger partial charge in [0.05, 0.1) is 42.0 Å². The summed E-state index contributed by atoms with van der Waals surface area (Å²) in [5, 5.41) is 4.51. The van der Waals surface area contributed by atoms with E-state index in [4.69, 9.17) is 20.2 Å². The first-order valence-electron chi connectivity index (χ1n) is 10.6. The number of nitrogens with zero attached hydrogens (tertiary/aromatic N) is 2. The van der Waals surface area contributed by atoms with Gasteiger partial charge in [0.25, 0.3) is 0 Å². The summed E-state index contributed by atoms with van der Waals surface area (Å²) in [6, 6.07) is 15.4. The molecule has 0 bridgehead atoms. The van der Waals surface area contributed by atoms with Crippen molar-refractivity contribution in [3.63, 3.8) is 0 Å². The Hall–Kier alpha value is -2.56. The Kier molecular flexibility index (Phi) is 5.39. The zero-order valence-electron chi connectivity index (χ0n) is 18.0. The van der Waals surface area contributed by atoms with Crippen molar-refractivity contribution in [3.8, 4) is 5.75 Å². The molecule has 0 radical (unpaired) electrons. The summed E-state index contributed by atoms with van der Waals surface area (Å²) in [6.45, 7) is 2.65. The van der Waals surface area contributed by atoms with Crippen LogP contribution in [0.25, 0.3) is 10.9 Å². The number of pyridine rings is 1. The van der Waals surface area contributed by atoms with E-state index in [0.29, 0.717) is 43.5 Å². The van der Waals surface area contributed by atoms with Crippen LogP contribution in [-0.4, -0.2) is 58.8 Å². The quantitative estimate of drug-likeness (QED) is 0.461. The van der Waals surface area contributed by atoms with Crippen LogP contribution in [0.15, 0.2) is 53.4 Å². The molecule has 0 amide bonds. The summed E-state index contributed by atoms with van der Waals surface area (Å²) in [4.78, 5) is 7.55. The molecule has 5 N–H and O–H groups in total. The van der Waals surface area contributed by atoms with Gasteiger partial charge in [-0.2, -0.15) is 10.6 Å². The minimum absolute atomic E-state index is 0.243. The highest BCUT2D eigenvalue weighted by Crippen LogP contribution is 2.52. The second-order valence-corrected chi connectivity index (χ2v) is 10.7. The fourth-order valence-electron chi connectivity index (χ4n) is 4.16. The number of aromatic nitrogens is 1. The zero-order valence-corrected chi connectivity index (χ0v) is 18.8. The van der Waals surface area contributed by atoms with Crippen molar-refractivity contribution >= 4 is 33.0 Å². The maximum Gasteiger partial charge on any atom is 0.131 e. The number of rotatable bonds is 5. The van der Waals surface area contributed by atoms with E-state index in [1.165, 1.54) is 0 Å². The summed E-state index contributed by atoms with van der Waals surface area (Å²) >= 11 is 0. The van der Waals surface area contributed by atoms with Crippen LogP contribution in [0.1, 0.15) is 5.56 Å². The van der Waals surface area contributed by atoms with E-state index in [1.54, 1.807) is 19.2 Å². The Morgan fingerprint density at radius 1 is 1.22 bits per heavy atom. The van der Waals surface area contributed by atoms with E-state index in [-0.39, 0.29) is 11.3 Å². The molecule has 0 spiro atoms. The van der Waals surface area contributed by atoms with Crippen LogP contribution in [0.5, 0.6) is 5.75 Å². The highest BCUT2D eigenvalue weighted by atomic mass is 32.3. The molecule has 8 nitrogen and oxygen atoms in total. The maximum absolute atomic E-state index is 10.8. The molecule has 3 heterocycles. The summed E-state index contributed by atoms with van der Waals surface area (Å²) in [5.74, 6) is 1.70. The van der Waals surface area contributed by atoms with E-state index in [1.807, 2.05) is 36.4 Å². The number of hydrogen-bond acceptors (Lipinski definition) is 8. The Morgan fingerprint density at radius 3 is 2.78 bits per heavy atom. The second-order valence-electron chi connectivity index (χ2n) is 8.52. The maximum atomic E-state index is 10.8. The average molecular weight is 457 g/mol. The number of hydrogen-bond donors (Lipinski definition) is 4. The molecule has 32 heavy (non-hydrogen) atoms. The van der Waals surface area contributed by atoms with Crippen LogP contribution in [-0.2, 0) is 11.3 Å². The van der Waals surface area contributed by atoms with E-state index in [9.17, 15) is 9.11 Å². The number of methoxy groups -OCH3 is 1. The van der Waals surface area contributed by atoms with Crippen LogP contribution in [0.3, 0.4) is 0 Å². The van der Waals surface area contributed by atoms with Crippen molar-refractivity contribution in [2.45, 2.75) is 17.0 Å². The molecule has 2 aromatic carbocycles. The number of para-hydroxylation sites is 1. The molecule has 2 aliphatic rings. The van der Waals surface area contributed by atoms with Gasteiger partial charge in [-0.1, -0.05) is 18.2 Å². The SMILES string of the molecule is COc1ccc2c(c1)CN(c1cc(NCC3(N)COC3)c3ccccc3n1)CCS2(O)O. The van der Waals surface area contributed by atoms with Crippen molar-refractivity contribution in [1.29, 1.82) is 0 Å². The van der Waals surface area contributed by atoms with E-state index >= 15 is 0 Å². The van der Waals surface area contributed by atoms with Crippen molar-refractivity contribution in [2.75, 3.05) is 49.4 Å². The highest BCUT2D eigenvalue weighted by Gasteiger charge is 2.34. The molecule has 1 saturated heterocycles. The molecule has 1 fully saturated rings. The normalized spacial score (nSPS) is 20.1. The molecule has 0 aliphatic carbocycles. The lowest BCUT2D eigenvalue weighted by Crippen LogP contribution is -2.61. The molecule has 9 heteroatoms. The standard InChI is InChI=1S/C23H28N4O4S/c1-30-17-6-7-21-16(10-17)12-27(8-9-32(21,28)29)22-11-20(25-13-23(24)14-31-15-23)18-4-2-3-5-19(18)26-22/h2-7,10-11,28-29H,8-9,12-15,24H2,1H3,(H,25,26). The second kappa shape index (κ2) is 8.09.